The van der Waals surface area contributed by atoms with Crippen molar-refractivity contribution in [2.24, 2.45) is 5.73 Å². The summed E-state index contributed by atoms with van der Waals surface area (Å²) in [4.78, 5) is 14.0. The van der Waals surface area contributed by atoms with Gasteiger partial charge in [-0.2, -0.15) is 13.2 Å². The summed E-state index contributed by atoms with van der Waals surface area (Å²) < 4.78 is 38.8. The van der Waals surface area contributed by atoms with Crippen LogP contribution in [0.2, 0.25) is 0 Å². The van der Waals surface area contributed by atoms with E-state index in [1.165, 1.54) is 18.3 Å². The zero-order chi connectivity index (χ0) is 15.6. The Balaban J connectivity index is 2.63. The first-order valence-corrected chi connectivity index (χ1v) is 5.84. The summed E-state index contributed by atoms with van der Waals surface area (Å²) in [7, 11) is 0. The predicted molar refractivity (Wildman–Crippen MR) is 69.2 cm³/mol. The fourth-order valence-corrected chi connectivity index (χ4v) is 1.92. The van der Waals surface area contributed by atoms with E-state index in [0.29, 0.717) is 0 Å². The molecule has 5 nitrogen and oxygen atoms in total. The molecule has 1 aromatic heterocycles. The Kier molecular flexibility index (Phi) is 3.90. The van der Waals surface area contributed by atoms with Crippen LogP contribution in [0.5, 0.6) is 0 Å². The first-order valence-electron chi connectivity index (χ1n) is 5.84. The van der Waals surface area contributed by atoms with Crippen molar-refractivity contribution in [2.45, 2.75) is 12.7 Å². The van der Waals surface area contributed by atoms with Crippen LogP contribution in [0.4, 0.5) is 18.9 Å². The maximum absolute atomic E-state index is 12.9. The summed E-state index contributed by atoms with van der Waals surface area (Å²) >= 11 is 0. The molecule has 0 aliphatic carbocycles. The van der Waals surface area contributed by atoms with Crippen molar-refractivity contribution in [1.29, 1.82) is 0 Å². The zero-order valence-electron chi connectivity index (χ0n) is 10.6. The van der Waals surface area contributed by atoms with Gasteiger partial charge in [-0.05, 0) is 12.1 Å². The van der Waals surface area contributed by atoms with Gasteiger partial charge < -0.3 is 5.73 Å². The molecule has 110 valence electrons. The van der Waals surface area contributed by atoms with Gasteiger partial charge in [-0.3, -0.25) is 15.1 Å². The number of rotatable bonds is 3. The molecule has 0 bridgehead atoms. The highest BCUT2D eigenvalue weighted by Gasteiger charge is 2.34. The Morgan fingerprint density at radius 3 is 2.57 bits per heavy atom. The Bertz CT molecular complexity index is 687. The average Bonchev–Trinajstić information content (AvgIpc) is 2.45. The molecule has 0 unspecified atom stereocenters. The molecule has 2 rings (SSSR count). The van der Waals surface area contributed by atoms with E-state index in [0.717, 1.165) is 18.2 Å². The Morgan fingerprint density at radius 1 is 1.29 bits per heavy atom. The standard InChI is InChI=1S/C13H10F3N3O2/c14-13(15,16)10-2-1-5-18-12(10)8-3-4-9(7-17)11(6-8)19(20)21/h1-6H,7,17H2. The van der Waals surface area contributed by atoms with Crippen molar-refractivity contribution in [2.75, 3.05) is 0 Å². The van der Waals surface area contributed by atoms with E-state index in [9.17, 15) is 23.3 Å². The van der Waals surface area contributed by atoms with Crippen molar-refractivity contribution in [3.63, 3.8) is 0 Å². The lowest BCUT2D eigenvalue weighted by molar-refractivity contribution is -0.385. The second-order valence-electron chi connectivity index (χ2n) is 4.20. The number of hydrogen-bond donors (Lipinski definition) is 1. The van der Waals surface area contributed by atoms with Crippen LogP contribution >= 0.6 is 0 Å². The van der Waals surface area contributed by atoms with Gasteiger partial charge in [0.15, 0.2) is 0 Å². The van der Waals surface area contributed by atoms with E-state index in [2.05, 4.69) is 4.98 Å². The second kappa shape index (κ2) is 5.49. The minimum atomic E-state index is -4.59. The summed E-state index contributed by atoms with van der Waals surface area (Å²) in [5.41, 5.74) is 4.02. The van der Waals surface area contributed by atoms with E-state index >= 15 is 0 Å². The molecule has 8 heteroatoms. The van der Waals surface area contributed by atoms with E-state index in [1.54, 1.807) is 0 Å². The Morgan fingerprint density at radius 2 is 2.00 bits per heavy atom. The third-order valence-corrected chi connectivity index (χ3v) is 2.89. The number of nitrogens with zero attached hydrogens (tertiary/aromatic N) is 2. The molecule has 0 amide bonds. The maximum Gasteiger partial charge on any atom is 0.418 e. The van der Waals surface area contributed by atoms with E-state index < -0.39 is 16.7 Å². The Labute approximate surface area is 117 Å². The molecule has 21 heavy (non-hydrogen) atoms. The largest absolute Gasteiger partial charge is 0.418 e. The van der Waals surface area contributed by atoms with Crippen molar-refractivity contribution in [3.8, 4) is 11.3 Å². The highest BCUT2D eigenvalue weighted by atomic mass is 19.4. The molecule has 0 saturated heterocycles. The van der Waals surface area contributed by atoms with Crippen LogP contribution in [0.3, 0.4) is 0 Å². The van der Waals surface area contributed by atoms with Crippen LogP contribution in [0.1, 0.15) is 11.1 Å². The van der Waals surface area contributed by atoms with Crippen LogP contribution in [-0.2, 0) is 12.7 Å². The molecular formula is C13H10F3N3O2. The quantitative estimate of drug-likeness (QED) is 0.697. The van der Waals surface area contributed by atoms with Crippen LogP contribution in [0.15, 0.2) is 36.5 Å². The molecule has 0 aliphatic rings. The van der Waals surface area contributed by atoms with Gasteiger partial charge in [0, 0.05) is 29.9 Å². The lowest BCUT2D eigenvalue weighted by atomic mass is 10.0. The molecule has 2 N–H and O–H groups in total. The van der Waals surface area contributed by atoms with Gasteiger partial charge in [0.05, 0.1) is 16.2 Å². The molecule has 0 atom stereocenters. The number of halogens is 3. The molecular weight excluding hydrogens is 287 g/mol. The third kappa shape index (κ3) is 3.00. The molecule has 0 saturated carbocycles. The van der Waals surface area contributed by atoms with E-state index in [1.807, 2.05) is 0 Å². The van der Waals surface area contributed by atoms with Gasteiger partial charge in [-0.25, -0.2) is 0 Å². The van der Waals surface area contributed by atoms with Crippen LogP contribution in [0.25, 0.3) is 11.3 Å². The lowest BCUT2D eigenvalue weighted by Gasteiger charge is -2.12. The average molecular weight is 297 g/mol. The molecule has 0 aliphatic heterocycles. The fourth-order valence-electron chi connectivity index (χ4n) is 1.92. The predicted octanol–water partition coefficient (Wildman–Crippen LogP) is 3.13. The normalized spacial score (nSPS) is 11.4. The van der Waals surface area contributed by atoms with Crippen molar-refractivity contribution in [3.05, 3.63) is 57.8 Å². The summed E-state index contributed by atoms with van der Waals surface area (Å²) in [5, 5.41) is 11.0. The number of aromatic nitrogens is 1. The van der Waals surface area contributed by atoms with Crippen molar-refractivity contribution >= 4 is 5.69 Å². The summed E-state index contributed by atoms with van der Waals surface area (Å²) in [6, 6.07) is 5.77. The van der Waals surface area contributed by atoms with Gasteiger partial charge in [0.25, 0.3) is 5.69 Å². The molecule has 0 fully saturated rings. The topological polar surface area (TPSA) is 82.0 Å². The number of pyridine rings is 1. The third-order valence-electron chi connectivity index (χ3n) is 2.89. The smallest absolute Gasteiger partial charge is 0.326 e. The molecule has 0 spiro atoms. The van der Waals surface area contributed by atoms with Crippen molar-refractivity contribution in [1.82, 2.24) is 4.98 Å². The molecule has 1 aromatic carbocycles. The van der Waals surface area contributed by atoms with Gasteiger partial charge >= 0.3 is 6.18 Å². The van der Waals surface area contributed by atoms with Crippen LogP contribution < -0.4 is 5.73 Å². The zero-order valence-corrected chi connectivity index (χ0v) is 10.6. The van der Waals surface area contributed by atoms with Crippen LogP contribution in [-0.4, -0.2) is 9.91 Å². The maximum atomic E-state index is 12.9. The molecule has 1 heterocycles. The number of hydrogen-bond acceptors (Lipinski definition) is 4. The minimum Gasteiger partial charge on any atom is -0.326 e. The fraction of sp³-hybridized carbons (Fsp3) is 0.154. The minimum absolute atomic E-state index is 0.0202. The first kappa shape index (κ1) is 14.9. The van der Waals surface area contributed by atoms with Crippen LogP contribution in [0, 0.1) is 10.1 Å². The number of benzene rings is 1. The molecule has 2 aromatic rings. The van der Waals surface area contributed by atoms with Crippen molar-refractivity contribution < 1.29 is 18.1 Å². The van der Waals surface area contributed by atoms with Gasteiger partial charge in [-0.1, -0.05) is 12.1 Å². The lowest BCUT2D eigenvalue weighted by Crippen LogP contribution is -2.08. The molecule has 0 radical (unpaired) electrons. The summed E-state index contributed by atoms with van der Waals surface area (Å²) in [6.07, 6.45) is -3.39. The van der Waals surface area contributed by atoms with Gasteiger partial charge in [0.2, 0.25) is 0 Å². The number of alkyl halides is 3. The SMILES string of the molecule is NCc1ccc(-c2ncccc2C(F)(F)F)cc1[N+](=O)[O-]. The van der Waals surface area contributed by atoms with Gasteiger partial charge in [0.1, 0.15) is 0 Å². The first-order chi connectivity index (χ1) is 9.84. The number of nitrogens with two attached hydrogens (primary N) is 1. The highest BCUT2D eigenvalue weighted by Crippen LogP contribution is 2.36. The summed E-state index contributed by atoms with van der Waals surface area (Å²) in [5.74, 6) is 0. The monoisotopic (exact) mass is 297 g/mol. The van der Waals surface area contributed by atoms with E-state index in [4.69, 9.17) is 5.73 Å². The second-order valence-corrected chi connectivity index (χ2v) is 4.20. The van der Waals surface area contributed by atoms with E-state index in [-0.39, 0.29) is 29.1 Å². The van der Waals surface area contributed by atoms with Gasteiger partial charge in [-0.15, -0.1) is 0 Å². The Hall–Kier alpha value is -2.48. The summed E-state index contributed by atoms with van der Waals surface area (Å²) in [6.45, 7) is -0.0784. The number of nitro groups is 1. The number of nitro benzene ring substituents is 1. The highest BCUT2D eigenvalue weighted by molar-refractivity contribution is 5.67.